The molecule has 0 aliphatic heterocycles. The summed E-state index contributed by atoms with van der Waals surface area (Å²) in [6.45, 7) is 12.8. The number of rotatable bonds is 16. The van der Waals surface area contributed by atoms with Crippen LogP contribution in [0, 0.1) is 22.5 Å². The molecule has 2 aromatic carbocycles. The van der Waals surface area contributed by atoms with Crippen molar-refractivity contribution in [3.05, 3.63) is 48.0 Å². The molecule has 0 aliphatic rings. The highest BCUT2D eigenvalue weighted by Crippen LogP contribution is 2.51. The normalized spacial score (nSPS) is 12.6. The summed E-state index contributed by atoms with van der Waals surface area (Å²) in [5, 5.41) is 0. The second-order valence-corrected chi connectivity index (χ2v) is 11.0. The van der Waals surface area contributed by atoms with Crippen LogP contribution in [0.25, 0.3) is 11.1 Å². The Bertz CT molecular complexity index is 977. The van der Waals surface area contributed by atoms with E-state index in [0.29, 0.717) is 17.9 Å². The first-order chi connectivity index (χ1) is 17.5. The zero-order valence-corrected chi connectivity index (χ0v) is 25.0. The van der Waals surface area contributed by atoms with Crippen LogP contribution in [0.1, 0.15) is 86.5 Å². The maximum Gasteiger partial charge on any atom is 0.312 e. The summed E-state index contributed by atoms with van der Waals surface area (Å²) in [5.74, 6) is -3.08. The van der Waals surface area contributed by atoms with Crippen molar-refractivity contribution in [2.75, 3.05) is 6.61 Å². The van der Waals surface area contributed by atoms with Crippen LogP contribution in [0.15, 0.2) is 36.4 Å². The van der Waals surface area contributed by atoms with Crippen LogP contribution < -0.4 is 9.47 Å². The summed E-state index contributed by atoms with van der Waals surface area (Å²) in [7, 11) is 6.27. The molecule has 8 heteroatoms. The van der Waals surface area contributed by atoms with Crippen LogP contribution in [-0.4, -0.2) is 33.6 Å². The monoisotopic (exact) mass is 546 g/mol. The third-order valence-electron chi connectivity index (χ3n) is 7.83. The lowest BCUT2D eigenvalue weighted by Crippen LogP contribution is -2.59. The van der Waals surface area contributed by atoms with E-state index in [1.165, 1.54) is 31.4 Å². The van der Waals surface area contributed by atoms with Gasteiger partial charge in [-0.2, -0.15) is 4.39 Å². The number of hydrogen-bond acceptors (Lipinski definition) is 4. The van der Waals surface area contributed by atoms with Crippen molar-refractivity contribution in [1.82, 2.24) is 0 Å². The van der Waals surface area contributed by atoms with Gasteiger partial charge < -0.3 is 18.3 Å². The largest absolute Gasteiger partial charge is 0.490 e. The van der Waals surface area contributed by atoms with Gasteiger partial charge in [0.05, 0.1) is 12.0 Å². The Morgan fingerprint density at radius 2 is 1.35 bits per heavy atom. The molecular formula is C29H40F2O4Si2. The standard InChI is InChI=1S/C29H40F2O4Si2/c1-7-9-10-11-12-13-20-32-24-19-18-23(25(30)26(24)31)21-14-16-22(17-15-21)33-29(34-36,35-37)28(5,6)27(3,4)8-2/h14-19H,7-13,20H2,1-6H3. The second kappa shape index (κ2) is 13.9. The van der Waals surface area contributed by atoms with Crippen molar-refractivity contribution in [1.29, 1.82) is 0 Å². The molecule has 0 saturated carbocycles. The lowest BCUT2D eigenvalue weighted by molar-refractivity contribution is -0.336. The summed E-state index contributed by atoms with van der Waals surface area (Å²) in [4.78, 5) is 0. The highest BCUT2D eigenvalue weighted by Gasteiger charge is 2.56. The molecule has 6 radical (unpaired) electrons. The van der Waals surface area contributed by atoms with Crippen LogP contribution in [0.2, 0.25) is 0 Å². The first-order valence-electron chi connectivity index (χ1n) is 13.1. The van der Waals surface area contributed by atoms with Gasteiger partial charge >= 0.3 is 5.97 Å². The van der Waals surface area contributed by atoms with Crippen molar-refractivity contribution < 1.29 is 27.1 Å². The molecule has 202 valence electrons. The quantitative estimate of drug-likeness (QED) is 0.121. The zero-order valence-electron chi connectivity index (χ0n) is 23.0. The van der Waals surface area contributed by atoms with Gasteiger partial charge in [-0.1, -0.05) is 92.2 Å². The Hall–Kier alpha value is -1.75. The summed E-state index contributed by atoms with van der Waals surface area (Å²) in [6, 6.07) is 9.66. The molecule has 0 unspecified atom stereocenters. The summed E-state index contributed by atoms with van der Waals surface area (Å²) in [6.07, 6.45) is 7.42. The molecule has 2 rings (SSSR count). The van der Waals surface area contributed by atoms with Crippen LogP contribution in [0.5, 0.6) is 11.5 Å². The van der Waals surface area contributed by atoms with E-state index >= 15 is 0 Å². The molecular weight excluding hydrogens is 506 g/mol. The maximum atomic E-state index is 14.9. The van der Waals surface area contributed by atoms with Gasteiger partial charge in [0.2, 0.25) is 5.82 Å². The van der Waals surface area contributed by atoms with Gasteiger partial charge in [0.15, 0.2) is 11.6 Å². The molecule has 4 nitrogen and oxygen atoms in total. The third-order valence-corrected chi connectivity index (χ3v) is 8.37. The Kier molecular flexibility index (Phi) is 11.8. The lowest BCUT2D eigenvalue weighted by Gasteiger charge is -2.51. The number of halogens is 2. The average molecular weight is 547 g/mol. The smallest absolute Gasteiger partial charge is 0.312 e. The van der Waals surface area contributed by atoms with E-state index in [2.05, 4.69) is 48.7 Å². The predicted molar refractivity (Wildman–Crippen MR) is 146 cm³/mol. The van der Waals surface area contributed by atoms with E-state index in [9.17, 15) is 8.78 Å². The fourth-order valence-corrected chi connectivity index (χ4v) is 4.85. The molecule has 0 N–H and O–H groups in total. The molecule has 0 aliphatic carbocycles. The van der Waals surface area contributed by atoms with E-state index in [4.69, 9.17) is 18.3 Å². The van der Waals surface area contributed by atoms with Crippen molar-refractivity contribution in [3.63, 3.8) is 0 Å². The number of hydrogen-bond donors (Lipinski definition) is 0. The summed E-state index contributed by atoms with van der Waals surface area (Å²) < 4.78 is 52.5. The molecule has 0 spiro atoms. The molecule has 0 aromatic heterocycles. The SMILES string of the molecule is CCCCCCCCOc1ccc(-c2ccc(OC(O[Si])(O[Si])C(C)(C)C(C)(C)CC)cc2)c(F)c1F. The Labute approximate surface area is 228 Å². The minimum absolute atomic E-state index is 0.0659. The highest BCUT2D eigenvalue weighted by atomic mass is 28.2. The number of benzene rings is 2. The molecule has 0 bridgehead atoms. The van der Waals surface area contributed by atoms with Crippen molar-refractivity contribution in [3.8, 4) is 22.6 Å². The first-order valence-corrected chi connectivity index (χ1v) is 13.9. The van der Waals surface area contributed by atoms with Gasteiger partial charge in [-0.3, -0.25) is 0 Å². The number of ether oxygens (including phenoxy) is 2. The Balaban J connectivity index is 2.15. The van der Waals surface area contributed by atoms with E-state index in [-0.39, 0.29) is 16.7 Å². The maximum absolute atomic E-state index is 14.9. The first kappa shape index (κ1) is 31.5. The highest BCUT2D eigenvalue weighted by molar-refractivity contribution is 6.00. The topological polar surface area (TPSA) is 36.9 Å². The fraction of sp³-hybridized carbons (Fsp3) is 0.586. The average Bonchev–Trinajstić information content (AvgIpc) is 2.89. The minimum Gasteiger partial charge on any atom is -0.490 e. The molecule has 0 amide bonds. The van der Waals surface area contributed by atoms with Gasteiger partial charge in [-0.25, -0.2) is 4.39 Å². The minimum atomic E-state index is -1.52. The summed E-state index contributed by atoms with van der Waals surface area (Å²) >= 11 is 0. The summed E-state index contributed by atoms with van der Waals surface area (Å²) in [5.41, 5.74) is -0.213. The third kappa shape index (κ3) is 7.22. The van der Waals surface area contributed by atoms with Crippen molar-refractivity contribution in [2.45, 2.75) is 92.5 Å². The van der Waals surface area contributed by atoms with Crippen molar-refractivity contribution >= 4 is 21.0 Å². The van der Waals surface area contributed by atoms with Crippen LogP contribution >= 0.6 is 0 Å². The Morgan fingerprint density at radius 3 is 1.92 bits per heavy atom. The lowest BCUT2D eigenvalue weighted by atomic mass is 9.64. The van der Waals surface area contributed by atoms with Crippen LogP contribution in [0.4, 0.5) is 8.78 Å². The Morgan fingerprint density at radius 1 is 0.757 bits per heavy atom. The van der Waals surface area contributed by atoms with E-state index in [1.54, 1.807) is 24.3 Å². The van der Waals surface area contributed by atoms with E-state index < -0.39 is 23.0 Å². The van der Waals surface area contributed by atoms with Gasteiger partial charge in [0.1, 0.15) is 5.75 Å². The molecule has 0 saturated heterocycles. The van der Waals surface area contributed by atoms with Gasteiger partial charge in [-0.15, -0.1) is 0 Å². The van der Waals surface area contributed by atoms with Crippen LogP contribution in [-0.2, 0) is 8.85 Å². The van der Waals surface area contributed by atoms with Gasteiger partial charge in [0.25, 0.3) is 21.0 Å². The molecule has 37 heavy (non-hydrogen) atoms. The molecule has 0 atom stereocenters. The van der Waals surface area contributed by atoms with E-state index in [0.717, 1.165) is 25.7 Å². The predicted octanol–water partition coefficient (Wildman–Crippen LogP) is 8.07. The fourth-order valence-electron chi connectivity index (χ4n) is 4.09. The molecule has 0 heterocycles. The molecule has 0 fully saturated rings. The number of unbranched alkanes of at least 4 members (excludes halogenated alkanes) is 5. The van der Waals surface area contributed by atoms with Gasteiger partial charge in [-0.05, 0) is 41.7 Å². The van der Waals surface area contributed by atoms with Crippen molar-refractivity contribution in [2.24, 2.45) is 10.8 Å². The van der Waals surface area contributed by atoms with E-state index in [1.807, 2.05) is 13.8 Å². The van der Waals surface area contributed by atoms with Gasteiger partial charge in [0, 0.05) is 5.56 Å². The molecule has 2 aromatic rings. The van der Waals surface area contributed by atoms with Crippen LogP contribution in [0.3, 0.4) is 0 Å². The zero-order chi connectivity index (χ0) is 27.7. The second-order valence-electron chi connectivity index (χ2n) is 10.6.